The smallest absolute Gasteiger partial charge is 0.377 e. The first-order valence-corrected chi connectivity index (χ1v) is 2.49. The number of hydrogen-bond donors (Lipinski definition) is 0. The fourth-order valence-electron chi connectivity index (χ4n) is 0.160. The van der Waals surface area contributed by atoms with Gasteiger partial charge < -0.3 is 4.74 Å². The first-order chi connectivity index (χ1) is 4.04. The number of esters is 1. The lowest BCUT2D eigenvalue weighted by Crippen LogP contribution is -2.05. The van der Waals surface area contributed by atoms with Gasteiger partial charge in [0.15, 0.2) is 0 Å². The summed E-state index contributed by atoms with van der Waals surface area (Å²) < 4.78 is 3.90. The van der Waals surface area contributed by atoms with Crippen LogP contribution in [0.25, 0.3) is 0 Å². The molecule has 0 heterocycles. The maximum absolute atomic E-state index is 10.3. The summed E-state index contributed by atoms with van der Waals surface area (Å²) in [6, 6.07) is 0. The highest BCUT2D eigenvalue weighted by atomic mass is 35.5. The van der Waals surface area contributed by atoms with E-state index in [1.54, 1.807) is 0 Å². The van der Waals surface area contributed by atoms with E-state index >= 15 is 0 Å². The number of ether oxygens (including phenoxy) is 1. The molecule has 9 heavy (non-hydrogen) atoms. The molecule has 4 heteroatoms. The number of hydrogen-bond acceptors (Lipinski definition) is 3. The minimum absolute atomic E-state index is 0.143. The zero-order valence-electron chi connectivity index (χ0n) is 4.81. The zero-order valence-corrected chi connectivity index (χ0v) is 5.57. The van der Waals surface area contributed by atoms with Crippen LogP contribution in [-0.2, 0) is 9.53 Å². The highest BCUT2D eigenvalue weighted by Gasteiger charge is 2.06. The van der Waals surface area contributed by atoms with Gasteiger partial charge in [-0.15, -0.1) is 0 Å². The lowest BCUT2D eigenvalue weighted by atomic mass is 10.4. The molecule has 0 saturated heterocycles. The van der Waals surface area contributed by atoms with E-state index in [0.29, 0.717) is 0 Å². The van der Waals surface area contributed by atoms with Crippen LogP contribution < -0.4 is 0 Å². The van der Waals surface area contributed by atoms with Crippen LogP contribution in [0.3, 0.4) is 0 Å². The molecule has 0 bridgehead atoms. The third kappa shape index (κ3) is 3.73. The van der Waals surface area contributed by atoms with Gasteiger partial charge in [0.05, 0.1) is 0 Å². The van der Waals surface area contributed by atoms with Crippen LogP contribution in [-0.4, -0.2) is 11.4 Å². The maximum atomic E-state index is 10.3. The van der Waals surface area contributed by atoms with Crippen LogP contribution in [0.2, 0.25) is 0 Å². The van der Waals surface area contributed by atoms with E-state index in [1.165, 1.54) is 6.92 Å². The van der Waals surface area contributed by atoms with E-state index in [2.05, 4.69) is 11.3 Å². The van der Waals surface area contributed by atoms with Crippen LogP contribution >= 0.6 is 11.6 Å². The Hall–Kier alpha value is -0.830. The Morgan fingerprint density at radius 1 is 1.56 bits per heavy atom. The molecule has 0 atom stereocenters. The van der Waals surface area contributed by atoms with Crippen LogP contribution in [0.4, 0.5) is 4.79 Å². The number of rotatable bonds is 1. The largest absolute Gasteiger partial charge is 0.411 e. The van der Waals surface area contributed by atoms with Crippen molar-refractivity contribution >= 4 is 23.0 Å². The zero-order chi connectivity index (χ0) is 7.44. The summed E-state index contributed by atoms with van der Waals surface area (Å²) in [5, 5.41) is 0. The molecule has 0 fully saturated rings. The molecule has 50 valence electrons. The molecule has 0 rings (SSSR count). The average molecular weight is 149 g/mol. The quantitative estimate of drug-likeness (QED) is 0.245. The Kier molecular flexibility index (Phi) is 2.95. The topological polar surface area (TPSA) is 43.4 Å². The minimum atomic E-state index is -1.14. The minimum Gasteiger partial charge on any atom is -0.377 e. The van der Waals surface area contributed by atoms with Gasteiger partial charge in [0, 0.05) is 17.2 Å². The molecular formula is C5H5ClO3. The monoisotopic (exact) mass is 148 g/mol. The number of halogens is 1. The van der Waals surface area contributed by atoms with E-state index in [0.717, 1.165) is 0 Å². The van der Waals surface area contributed by atoms with Gasteiger partial charge in [-0.3, -0.25) is 0 Å². The van der Waals surface area contributed by atoms with Crippen LogP contribution in [0.15, 0.2) is 12.2 Å². The molecule has 0 aliphatic rings. The first-order valence-electron chi connectivity index (χ1n) is 2.11. The normalized spacial score (nSPS) is 8.22. The van der Waals surface area contributed by atoms with Crippen molar-refractivity contribution in [1.29, 1.82) is 0 Å². The van der Waals surface area contributed by atoms with Crippen molar-refractivity contribution in [3.63, 3.8) is 0 Å². The van der Waals surface area contributed by atoms with Gasteiger partial charge in [-0.1, -0.05) is 6.58 Å². The van der Waals surface area contributed by atoms with Gasteiger partial charge in [-0.05, 0) is 6.92 Å². The summed E-state index contributed by atoms with van der Waals surface area (Å²) in [6.07, 6.45) is 0. The van der Waals surface area contributed by atoms with Crippen molar-refractivity contribution in [3.05, 3.63) is 12.2 Å². The fourth-order valence-corrected chi connectivity index (χ4v) is 0.230. The lowest BCUT2D eigenvalue weighted by molar-refractivity contribution is -0.132. The molecule has 0 aromatic carbocycles. The molecule has 0 amide bonds. The Morgan fingerprint density at radius 3 is 2.11 bits per heavy atom. The highest BCUT2D eigenvalue weighted by molar-refractivity contribution is 6.62. The summed E-state index contributed by atoms with van der Waals surface area (Å²) in [5.74, 6) is -0.796. The van der Waals surface area contributed by atoms with E-state index in [-0.39, 0.29) is 5.57 Å². The predicted octanol–water partition coefficient (Wildman–Crippen LogP) is 1.46. The van der Waals surface area contributed by atoms with Crippen LogP contribution in [0, 0.1) is 0 Å². The van der Waals surface area contributed by atoms with E-state index in [9.17, 15) is 9.59 Å². The SMILES string of the molecule is C=C(C)C(=O)OC(=O)Cl. The average Bonchev–Trinajstić information content (AvgIpc) is 1.63. The van der Waals surface area contributed by atoms with Gasteiger partial charge in [-0.2, -0.15) is 0 Å². The van der Waals surface area contributed by atoms with Gasteiger partial charge in [0.2, 0.25) is 0 Å². The molecular weight excluding hydrogens is 144 g/mol. The molecule has 0 aromatic heterocycles. The first kappa shape index (κ1) is 8.17. The summed E-state index contributed by atoms with van der Waals surface area (Å²) in [7, 11) is 0. The van der Waals surface area contributed by atoms with Crippen molar-refractivity contribution in [1.82, 2.24) is 0 Å². The van der Waals surface area contributed by atoms with E-state index in [4.69, 9.17) is 11.6 Å². The van der Waals surface area contributed by atoms with Gasteiger partial charge in [-0.25, -0.2) is 9.59 Å². The second-order valence-corrected chi connectivity index (χ2v) is 1.72. The second-order valence-electron chi connectivity index (χ2n) is 1.41. The molecule has 0 saturated carbocycles. The third-order valence-corrected chi connectivity index (χ3v) is 0.599. The van der Waals surface area contributed by atoms with Crippen molar-refractivity contribution in [3.8, 4) is 0 Å². The summed E-state index contributed by atoms with van der Waals surface area (Å²) in [4.78, 5) is 20.2. The Labute approximate surface area is 57.2 Å². The lowest BCUT2D eigenvalue weighted by Gasteiger charge is -1.93. The summed E-state index contributed by atoms with van der Waals surface area (Å²) in [6.45, 7) is 4.64. The second kappa shape index (κ2) is 3.25. The summed E-state index contributed by atoms with van der Waals surface area (Å²) >= 11 is 4.69. The molecule has 0 N–H and O–H groups in total. The van der Waals surface area contributed by atoms with Gasteiger partial charge >= 0.3 is 11.4 Å². The Bertz CT molecular complexity index is 162. The Morgan fingerprint density at radius 2 is 2.00 bits per heavy atom. The van der Waals surface area contributed by atoms with Crippen molar-refractivity contribution < 1.29 is 14.3 Å². The molecule has 0 aliphatic carbocycles. The number of carbonyl (C=O) groups is 2. The van der Waals surface area contributed by atoms with E-state index in [1.807, 2.05) is 0 Å². The maximum Gasteiger partial charge on any atom is 0.411 e. The van der Waals surface area contributed by atoms with Crippen LogP contribution in [0.1, 0.15) is 6.92 Å². The highest BCUT2D eigenvalue weighted by Crippen LogP contribution is 1.95. The molecule has 3 nitrogen and oxygen atoms in total. The Balaban J connectivity index is 3.79. The third-order valence-electron chi connectivity index (χ3n) is 0.521. The van der Waals surface area contributed by atoms with Crippen molar-refractivity contribution in [2.45, 2.75) is 6.92 Å². The van der Waals surface area contributed by atoms with E-state index < -0.39 is 11.4 Å². The molecule has 0 aliphatic heterocycles. The molecule has 0 radical (unpaired) electrons. The molecule has 0 aromatic rings. The standard InChI is InChI=1S/C5H5ClO3/c1-3(2)4(7)9-5(6)8/h1H2,2H3. The van der Waals surface area contributed by atoms with Crippen LogP contribution in [0.5, 0.6) is 0 Å². The number of carbonyl (C=O) groups excluding carboxylic acids is 2. The van der Waals surface area contributed by atoms with Crippen molar-refractivity contribution in [2.24, 2.45) is 0 Å². The van der Waals surface area contributed by atoms with Gasteiger partial charge in [0.1, 0.15) is 0 Å². The fraction of sp³-hybridized carbons (Fsp3) is 0.200. The summed E-state index contributed by atoms with van der Waals surface area (Å²) in [5.41, 5.74) is -0.994. The molecule has 0 spiro atoms. The molecule has 0 unspecified atom stereocenters. The van der Waals surface area contributed by atoms with Crippen molar-refractivity contribution in [2.75, 3.05) is 0 Å². The van der Waals surface area contributed by atoms with Gasteiger partial charge in [0.25, 0.3) is 0 Å². The predicted molar refractivity (Wildman–Crippen MR) is 32.2 cm³/mol.